The highest BCUT2D eigenvalue weighted by molar-refractivity contribution is 5.98. The number of carboxylic acids is 1. The van der Waals surface area contributed by atoms with Crippen molar-refractivity contribution in [3.8, 4) is 69.0 Å². The predicted octanol–water partition coefficient (Wildman–Crippen LogP) is 0.0179. The maximum Gasteiger partial charge on any atom is 0.341 e. The fourth-order valence-corrected chi connectivity index (χ4v) is 7.37. The lowest BCUT2D eigenvalue weighted by Crippen LogP contribution is -2.63. The van der Waals surface area contributed by atoms with Crippen LogP contribution in [0.2, 0.25) is 0 Å². The molecule has 68 heavy (non-hydrogen) atoms. The normalized spacial score (nSPS) is 23.0. The summed E-state index contributed by atoms with van der Waals surface area (Å²) in [5.74, 6) is -29.8. The van der Waals surface area contributed by atoms with Crippen LogP contribution in [0.5, 0.6) is 69.0 Å². The van der Waals surface area contributed by atoms with Crippen molar-refractivity contribution in [3.63, 3.8) is 0 Å². The minimum Gasteiger partial charge on any atom is -0.504 e. The van der Waals surface area contributed by atoms with Crippen LogP contribution >= 0.6 is 0 Å². The van der Waals surface area contributed by atoms with E-state index in [-0.39, 0.29) is 0 Å². The number of aliphatic hydroxyl groups is 1. The number of hydrogen-bond donors (Lipinski definition) is 13. The topological polar surface area (TPSA) is 447 Å². The van der Waals surface area contributed by atoms with Crippen molar-refractivity contribution >= 4 is 41.8 Å². The van der Waals surface area contributed by atoms with Crippen LogP contribution in [0.4, 0.5) is 0 Å². The summed E-state index contributed by atoms with van der Waals surface area (Å²) in [6.45, 7) is -1.28. The first-order valence-electron chi connectivity index (χ1n) is 19.1. The number of carboxylic acid groups (broad SMARTS) is 1. The van der Waals surface area contributed by atoms with Crippen LogP contribution in [0.15, 0.2) is 42.5 Å². The number of rotatable bonds is 9. The second-order valence-electron chi connectivity index (χ2n) is 14.9. The van der Waals surface area contributed by atoms with Crippen LogP contribution in [0.3, 0.4) is 0 Å². The van der Waals surface area contributed by atoms with Crippen LogP contribution in [-0.2, 0) is 42.8 Å². The van der Waals surface area contributed by atoms with Crippen LogP contribution in [0, 0.1) is 5.92 Å². The number of benzene rings is 4. The maximum absolute atomic E-state index is 14.5. The number of aromatic hydroxyl groups is 11. The number of esters is 6. The Morgan fingerprint density at radius 3 is 1.54 bits per heavy atom. The third-order valence-corrected chi connectivity index (χ3v) is 10.6. The van der Waals surface area contributed by atoms with Gasteiger partial charge in [-0.15, -0.1) is 0 Å². The first-order chi connectivity index (χ1) is 32.0. The van der Waals surface area contributed by atoms with Gasteiger partial charge in [0.1, 0.15) is 12.7 Å². The second kappa shape index (κ2) is 17.7. The van der Waals surface area contributed by atoms with Crippen molar-refractivity contribution in [2.24, 2.45) is 5.92 Å². The van der Waals surface area contributed by atoms with Crippen LogP contribution < -0.4 is 4.74 Å². The molecule has 3 aliphatic heterocycles. The van der Waals surface area contributed by atoms with Gasteiger partial charge in [0.15, 0.2) is 81.6 Å². The number of phenolic OH excluding ortho intramolecular Hbond substituents is 11. The highest BCUT2D eigenvalue weighted by atomic mass is 16.7. The number of aliphatic carboxylic acids is 1. The molecule has 2 bridgehead atoms. The molecule has 1 saturated heterocycles. The molecule has 4 aromatic carbocycles. The van der Waals surface area contributed by atoms with Crippen molar-refractivity contribution < 1.29 is 133 Å². The van der Waals surface area contributed by atoms with Crippen LogP contribution in [0.1, 0.15) is 59.3 Å². The Bertz CT molecular complexity index is 2750. The van der Waals surface area contributed by atoms with Crippen LogP contribution in [-0.4, -0.2) is 152 Å². The average Bonchev–Trinajstić information content (AvgIpc) is 3.28. The minimum atomic E-state index is -2.57. The number of carbonyl (C=O) groups excluding carboxylic acids is 6. The largest absolute Gasteiger partial charge is 0.504 e. The van der Waals surface area contributed by atoms with E-state index in [0.29, 0.717) is 42.5 Å². The van der Waals surface area contributed by atoms with Crippen molar-refractivity contribution in [3.05, 3.63) is 70.3 Å². The molecule has 0 saturated carbocycles. The summed E-state index contributed by atoms with van der Waals surface area (Å²) in [6, 6.07) is 3.84. The quantitative estimate of drug-likeness (QED) is 0.0455. The molecule has 0 spiro atoms. The van der Waals surface area contributed by atoms with E-state index >= 15 is 0 Å². The zero-order valence-corrected chi connectivity index (χ0v) is 33.6. The molecular formula is C41H32O27. The summed E-state index contributed by atoms with van der Waals surface area (Å²) in [5.41, 5.74) is -4.15. The number of ether oxygens (including phenoxy) is 7. The zero-order chi connectivity index (χ0) is 49.8. The molecule has 8 atom stereocenters. The van der Waals surface area contributed by atoms with Gasteiger partial charge in [-0.05, 0) is 42.5 Å². The average molecular weight is 957 g/mol. The fourth-order valence-electron chi connectivity index (χ4n) is 7.37. The molecule has 7 rings (SSSR count). The number of fused-ring (bicyclic) bond motifs is 2. The van der Waals surface area contributed by atoms with Crippen molar-refractivity contribution in [1.29, 1.82) is 0 Å². The van der Waals surface area contributed by atoms with E-state index in [0.717, 1.165) is 0 Å². The molecule has 0 amide bonds. The Hall–Kier alpha value is -9.11. The lowest BCUT2D eigenvalue weighted by atomic mass is 9.76. The summed E-state index contributed by atoms with van der Waals surface area (Å²) in [4.78, 5) is 95.4. The summed E-state index contributed by atoms with van der Waals surface area (Å²) >= 11 is 0. The summed E-state index contributed by atoms with van der Waals surface area (Å²) < 4.78 is 38.6. The second-order valence-corrected chi connectivity index (χ2v) is 14.9. The molecule has 358 valence electrons. The minimum absolute atomic E-state index is 0.449. The lowest BCUT2D eigenvalue weighted by molar-refractivity contribution is -0.287. The lowest BCUT2D eigenvalue weighted by Gasteiger charge is -2.44. The van der Waals surface area contributed by atoms with Crippen molar-refractivity contribution in [1.82, 2.24) is 0 Å². The SMILES string of the molecule is O=C(O)C[C@@H]1C(=O)O[C@@H]2C(COC(=O)c3cc(O)c(O)c(O)c3)O[C@@H](OC(=O)c3cc(O)c(O)c(O)c3)[C@H](OC(=O)c3cc(O)c(O)c4c3[C@H]1[C@H](O)C(=O)O4)[C@@H]2OC(=O)c1cc(O)c(O)c(O)c1. The van der Waals surface area contributed by atoms with Gasteiger partial charge in [-0.3, -0.25) is 9.59 Å². The Morgan fingerprint density at radius 2 is 1.04 bits per heavy atom. The van der Waals surface area contributed by atoms with E-state index in [4.69, 9.17) is 33.2 Å². The summed E-state index contributed by atoms with van der Waals surface area (Å²) in [7, 11) is 0. The van der Waals surface area contributed by atoms with Crippen LogP contribution in [0.25, 0.3) is 0 Å². The van der Waals surface area contributed by atoms with Gasteiger partial charge in [-0.25, -0.2) is 24.0 Å². The molecule has 1 unspecified atom stereocenters. The Balaban J connectivity index is 1.44. The third-order valence-electron chi connectivity index (χ3n) is 10.6. The molecule has 27 heteroatoms. The van der Waals surface area contributed by atoms with Gasteiger partial charge in [0, 0.05) is 11.5 Å². The van der Waals surface area contributed by atoms with Gasteiger partial charge < -0.3 is 99.5 Å². The van der Waals surface area contributed by atoms with Gasteiger partial charge in [-0.2, -0.15) is 0 Å². The number of carbonyl (C=O) groups is 7. The van der Waals surface area contributed by atoms with E-state index in [9.17, 15) is 99.9 Å². The monoisotopic (exact) mass is 956 g/mol. The standard InChI is InChI=1S/C41H32O27/c42-15-1-10(2-16(43)26(15)51)35(56)62-9-22-31-33(66-36(57)11-3-17(44)27(52)18(45)4-11)34(41(63-22)68-37(58)12-5-19(46)28(53)20(47)6-12)67-38(59)13-7-21(48)29(54)32-25(13)24(30(55)40(61)65-32)14(8-23(49)50)39(60)64-31/h1-7,14,22,24,30-31,33-34,41-48,51-55H,8-9H2,(H,49,50)/t14-,22?,24-,30-,31+,33+,34+,41-/m0/s1. The van der Waals surface area contributed by atoms with Gasteiger partial charge in [0.25, 0.3) is 0 Å². The molecule has 27 nitrogen and oxygen atoms in total. The van der Waals surface area contributed by atoms with E-state index < -0.39 is 200 Å². The first-order valence-corrected chi connectivity index (χ1v) is 19.1. The Kier molecular flexibility index (Phi) is 12.2. The molecule has 3 heterocycles. The molecule has 0 radical (unpaired) electrons. The highest BCUT2D eigenvalue weighted by Crippen LogP contribution is 2.51. The molecule has 4 aromatic rings. The van der Waals surface area contributed by atoms with E-state index in [1.807, 2.05) is 0 Å². The molecule has 3 aliphatic rings. The van der Waals surface area contributed by atoms with Gasteiger partial charge in [0.05, 0.1) is 34.6 Å². The Morgan fingerprint density at radius 1 is 0.574 bits per heavy atom. The highest BCUT2D eigenvalue weighted by Gasteiger charge is 2.57. The van der Waals surface area contributed by atoms with Gasteiger partial charge in [-0.1, -0.05) is 0 Å². The summed E-state index contributed by atoms with van der Waals surface area (Å²) in [6.07, 6.45) is -16.3. The molecule has 13 N–H and O–H groups in total. The number of phenols is 11. The van der Waals surface area contributed by atoms with E-state index in [1.165, 1.54) is 0 Å². The van der Waals surface area contributed by atoms with Gasteiger partial charge >= 0.3 is 41.8 Å². The Labute approximate surface area is 375 Å². The van der Waals surface area contributed by atoms with Crippen molar-refractivity contribution in [2.75, 3.05) is 6.61 Å². The molecule has 0 aliphatic carbocycles. The first kappa shape index (κ1) is 46.9. The third kappa shape index (κ3) is 8.58. The zero-order valence-electron chi connectivity index (χ0n) is 33.6. The number of aliphatic hydroxyl groups excluding tert-OH is 1. The predicted molar refractivity (Wildman–Crippen MR) is 207 cm³/mol. The fraction of sp³-hybridized carbons (Fsp3) is 0.244. The smallest absolute Gasteiger partial charge is 0.341 e. The summed E-state index contributed by atoms with van der Waals surface area (Å²) in [5, 5.41) is 133. The van der Waals surface area contributed by atoms with E-state index in [1.54, 1.807) is 0 Å². The molecule has 1 fully saturated rings. The molecular weight excluding hydrogens is 924 g/mol. The van der Waals surface area contributed by atoms with Crippen molar-refractivity contribution in [2.45, 2.75) is 49.1 Å². The van der Waals surface area contributed by atoms with Gasteiger partial charge in [0.2, 0.25) is 18.1 Å². The maximum atomic E-state index is 14.5. The van der Waals surface area contributed by atoms with E-state index in [2.05, 4.69) is 0 Å². The number of hydrogen-bond acceptors (Lipinski definition) is 26. The molecule has 0 aromatic heterocycles.